The molecule has 0 radical (unpaired) electrons. The van der Waals surface area contributed by atoms with Gasteiger partial charge in [0.25, 0.3) is 0 Å². The lowest BCUT2D eigenvalue weighted by Gasteiger charge is -2.32. The molecule has 0 saturated carbocycles. The van der Waals surface area contributed by atoms with Crippen LogP contribution >= 0.6 is 0 Å². The van der Waals surface area contributed by atoms with Gasteiger partial charge in [-0.05, 0) is 50.6 Å². The largest absolute Gasteiger partial charge is 0.387 e. The van der Waals surface area contributed by atoms with Crippen LogP contribution in [-0.2, 0) is 6.54 Å². The molecule has 0 amide bonds. The van der Waals surface area contributed by atoms with Crippen LogP contribution in [0.25, 0.3) is 0 Å². The van der Waals surface area contributed by atoms with Crippen molar-refractivity contribution in [1.29, 1.82) is 0 Å². The molecule has 6 heteroatoms. The Morgan fingerprint density at radius 2 is 1.96 bits per heavy atom. The molecule has 1 unspecified atom stereocenters. The molecule has 2 aromatic rings. The van der Waals surface area contributed by atoms with Crippen molar-refractivity contribution in [1.82, 2.24) is 19.7 Å². The Kier molecular flexibility index (Phi) is 5.03. The lowest BCUT2D eigenvalue weighted by molar-refractivity contribution is 0.0962. The summed E-state index contributed by atoms with van der Waals surface area (Å²) in [7, 11) is 0. The monoisotopic (exact) mass is 318 g/mol. The van der Waals surface area contributed by atoms with E-state index in [2.05, 4.69) is 26.6 Å². The van der Waals surface area contributed by atoms with Crippen molar-refractivity contribution < 1.29 is 9.50 Å². The number of benzene rings is 1. The fourth-order valence-corrected chi connectivity index (χ4v) is 3.23. The van der Waals surface area contributed by atoms with Gasteiger partial charge in [0.2, 0.25) is 0 Å². The van der Waals surface area contributed by atoms with Crippen molar-refractivity contribution in [3.05, 3.63) is 47.8 Å². The number of halogens is 1. The van der Waals surface area contributed by atoms with Crippen molar-refractivity contribution >= 4 is 0 Å². The van der Waals surface area contributed by atoms with Crippen LogP contribution < -0.4 is 0 Å². The van der Waals surface area contributed by atoms with Gasteiger partial charge in [-0.15, -0.1) is 10.2 Å². The minimum Gasteiger partial charge on any atom is -0.387 e. The average Bonchev–Trinajstić information content (AvgIpc) is 3.05. The van der Waals surface area contributed by atoms with Crippen LogP contribution in [0.5, 0.6) is 0 Å². The third-order valence-electron chi connectivity index (χ3n) is 4.62. The maximum atomic E-state index is 12.9. The Morgan fingerprint density at radius 3 is 2.61 bits per heavy atom. The van der Waals surface area contributed by atoms with Gasteiger partial charge in [0.05, 0.1) is 6.10 Å². The lowest BCUT2D eigenvalue weighted by Crippen LogP contribution is -2.36. The molecule has 1 atom stereocenters. The highest BCUT2D eigenvalue weighted by Gasteiger charge is 2.25. The van der Waals surface area contributed by atoms with E-state index in [-0.39, 0.29) is 5.82 Å². The summed E-state index contributed by atoms with van der Waals surface area (Å²) in [6.45, 7) is 5.44. The van der Waals surface area contributed by atoms with Crippen LogP contribution in [0.2, 0.25) is 0 Å². The first-order valence-corrected chi connectivity index (χ1v) is 8.21. The van der Waals surface area contributed by atoms with Gasteiger partial charge < -0.3 is 14.6 Å². The zero-order valence-corrected chi connectivity index (χ0v) is 13.4. The molecule has 1 aromatic carbocycles. The predicted molar refractivity (Wildman–Crippen MR) is 85.5 cm³/mol. The first-order valence-electron chi connectivity index (χ1n) is 8.21. The smallest absolute Gasteiger partial charge is 0.135 e. The Morgan fingerprint density at radius 1 is 1.26 bits per heavy atom. The molecule has 0 spiro atoms. The molecule has 1 saturated heterocycles. The van der Waals surface area contributed by atoms with Crippen LogP contribution in [0.1, 0.15) is 43.2 Å². The van der Waals surface area contributed by atoms with Crippen molar-refractivity contribution in [2.45, 2.75) is 38.3 Å². The summed E-state index contributed by atoms with van der Waals surface area (Å²) >= 11 is 0. The summed E-state index contributed by atoms with van der Waals surface area (Å²) in [5.41, 5.74) is 0.763. The number of β-amino-alcohol motifs (C(OH)–C–C–N with tert-alkyl or cyclic N) is 1. The Bertz CT molecular complexity index is 620. The fraction of sp³-hybridized carbons (Fsp3) is 0.529. The van der Waals surface area contributed by atoms with Crippen LogP contribution in [0, 0.1) is 5.82 Å². The normalized spacial score (nSPS) is 18.2. The van der Waals surface area contributed by atoms with Gasteiger partial charge in [-0.1, -0.05) is 12.1 Å². The maximum Gasteiger partial charge on any atom is 0.135 e. The van der Waals surface area contributed by atoms with Crippen molar-refractivity contribution in [3.63, 3.8) is 0 Å². The summed E-state index contributed by atoms with van der Waals surface area (Å²) in [5, 5.41) is 18.6. The molecule has 1 aliphatic heterocycles. The molecule has 5 nitrogen and oxygen atoms in total. The number of hydrogen-bond acceptors (Lipinski definition) is 4. The van der Waals surface area contributed by atoms with E-state index >= 15 is 0 Å². The van der Waals surface area contributed by atoms with Crippen LogP contribution in [0.15, 0.2) is 30.6 Å². The first-order chi connectivity index (χ1) is 11.2. The van der Waals surface area contributed by atoms with Crippen molar-refractivity contribution in [2.75, 3.05) is 19.6 Å². The molecule has 1 fully saturated rings. The number of aliphatic hydroxyl groups is 1. The highest BCUT2D eigenvalue weighted by atomic mass is 19.1. The van der Waals surface area contributed by atoms with E-state index in [9.17, 15) is 9.50 Å². The van der Waals surface area contributed by atoms with Crippen LogP contribution in [-0.4, -0.2) is 44.4 Å². The number of hydrogen-bond donors (Lipinski definition) is 1. The number of nitrogens with zero attached hydrogens (tertiary/aromatic N) is 4. The van der Waals surface area contributed by atoms with Crippen molar-refractivity contribution in [3.8, 4) is 0 Å². The van der Waals surface area contributed by atoms with Gasteiger partial charge in [-0.3, -0.25) is 0 Å². The quantitative estimate of drug-likeness (QED) is 0.919. The molecule has 1 N–H and O–H groups in total. The zero-order chi connectivity index (χ0) is 16.2. The molecular formula is C17H23FN4O. The minimum absolute atomic E-state index is 0.276. The second-order valence-electron chi connectivity index (χ2n) is 6.12. The van der Waals surface area contributed by atoms with Gasteiger partial charge in [-0.25, -0.2) is 4.39 Å². The highest BCUT2D eigenvalue weighted by Crippen LogP contribution is 2.27. The topological polar surface area (TPSA) is 54.2 Å². The molecular weight excluding hydrogens is 295 g/mol. The number of rotatable bonds is 5. The van der Waals surface area contributed by atoms with Gasteiger partial charge in [0.1, 0.15) is 18.0 Å². The summed E-state index contributed by atoms with van der Waals surface area (Å²) < 4.78 is 15.0. The van der Waals surface area contributed by atoms with Gasteiger partial charge in [-0.2, -0.15) is 0 Å². The summed E-state index contributed by atoms with van der Waals surface area (Å²) in [6.07, 6.45) is 3.26. The molecule has 0 aliphatic carbocycles. The number of aromatic nitrogens is 3. The van der Waals surface area contributed by atoms with Gasteiger partial charge in [0, 0.05) is 19.0 Å². The Balaban J connectivity index is 1.54. The van der Waals surface area contributed by atoms with E-state index in [0.717, 1.165) is 43.9 Å². The lowest BCUT2D eigenvalue weighted by atomic mass is 9.95. The number of piperidine rings is 1. The van der Waals surface area contributed by atoms with Crippen LogP contribution in [0.3, 0.4) is 0 Å². The summed E-state index contributed by atoms with van der Waals surface area (Å²) in [5.74, 6) is 1.24. The molecule has 23 heavy (non-hydrogen) atoms. The maximum absolute atomic E-state index is 12.9. The fourth-order valence-electron chi connectivity index (χ4n) is 3.23. The van der Waals surface area contributed by atoms with E-state index < -0.39 is 6.10 Å². The second-order valence-corrected chi connectivity index (χ2v) is 6.12. The third-order valence-corrected chi connectivity index (χ3v) is 4.62. The number of likely N-dealkylation sites (tertiary alicyclic amines) is 1. The number of aryl methyl sites for hydroxylation is 1. The average molecular weight is 318 g/mol. The van der Waals surface area contributed by atoms with Crippen LogP contribution in [0.4, 0.5) is 4.39 Å². The van der Waals surface area contributed by atoms with Gasteiger partial charge >= 0.3 is 0 Å². The SMILES string of the molecule is CCn1cnnc1C1CCN(CC(O)c2ccc(F)cc2)CC1. The first kappa shape index (κ1) is 16.1. The molecule has 1 aromatic heterocycles. The van der Waals surface area contributed by atoms with E-state index in [4.69, 9.17) is 0 Å². The molecule has 2 heterocycles. The molecule has 0 bridgehead atoms. The minimum atomic E-state index is -0.577. The van der Waals surface area contributed by atoms with E-state index in [1.165, 1.54) is 12.1 Å². The predicted octanol–water partition coefficient (Wildman–Crippen LogP) is 2.35. The second kappa shape index (κ2) is 7.19. The Labute approximate surface area is 135 Å². The van der Waals surface area contributed by atoms with Gasteiger partial charge in [0.15, 0.2) is 0 Å². The highest BCUT2D eigenvalue weighted by molar-refractivity contribution is 5.18. The van der Waals surface area contributed by atoms with Crippen molar-refractivity contribution in [2.24, 2.45) is 0 Å². The zero-order valence-electron chi connectivity index (χ0n) is 13.4. The number of aliphatic hydroxyl groups excluding tert-OH is 1. The van der Waals surface area contributed by atoms with E-state index in [1.807, 2.05) is 0 Å². The summed E-state index contributed by atoms with van der Waals surface area (Å²) in [4.78, 5) is 2.26. The standard InChI is InChI=1S/C17H23FN4O/c1-2-22-12-19-20-17(22)14-7-9-21(10-8-14)11-16(23)13-3-5-15(18)6-4-13/h3-6,12,14,16,23H,2,7-11H2,1H3. The Hall–Kier alpha value is -1.79. The molecule has 3 rings (SSSR count). The molecule has 124 valence electrons. The third kappa shape index (κ3) is 3.76. The van der Waals surface area contributed by atoms with E-state index in [0.29, 0.717) is 12.5 Å². The molecule has 1 aliphatic rings. The summed E-state index contributed by atoms with van der Waals surface area (Å²) in [6, 6.07) is 6.08. The van der Waals surface area contributed by atoms with E-state index in [1.54, 1.807) is 18.5 Å².